The SMILES string of the molecule is C=CCn1c(=O)c2cnc(Nc3ccc(N4CCN(C)CC4)cc3)nc2n1C1C=C2C(=C(F)C1)CCC2C. The van der Waals surface area contributed by atoms with Gasteiger partial charge in [-0.05, 0) is 61.2 Å². The minimum absolute atomic E-state index is 0.0795. The van der Waals surface area contributed by atoms with Crippen LogP contribution in [0.3, 0.4) is 0 Å². The third-order valence-corrected chi connectivity index (χ3v) is 8.11. The van der Waals surface area contributed by atoms with Crippen molar-refractivity contribution < 1.29 is 4.39 Å². The number of halogens is 1. The van der Waals surface area contributed by atoms with Crippen LogP contribution in [0.5, 0.6) is 0 Å². The van der Waals surface area contributed by atoms with Crippen molar-refractivity contribution in [1.82, 2.24) is 24.2 Å². The second-order valence-corrected chi connectivity index (χ2v) is 10.6. The summed E-state index contributed by atoms with van der Waals surface area (Å²) in [7, 11) is 2.15. The standard InChI is InChI=1S/C29H34FN7O/c1-4-11-36-28(38)25-18-31-29(32-20-6-8-21(9-7-20)35-14-12-34(3)13-15-35)33-27(25)37(36)22-16-24-19(2)5-10-23(24)26(30)17-22/h4,6-9,16,18-19,22H,1,5,10-15,17H2,2-3H3,(H,31,32,33). The average molecular weight is 516 g/mol. The fourth-order valence-electron chi connectivity index (χ4n) is 5.93. The van der Waals surface area contributed by atoms with Crippen molar-refractivity contribution in [1.29, 1.82) is 0 Å². The summed E-state index contributed by atoms with van der Waals surface area (Å²) in [5.74, 6) is 0.619. The zero-order valence-electron chi connectivity index (χ0n) is 22.0. The number of benzene rings is 1. The molecule has 198 valence electrons. The monoisotopic (exact) mass is 515 g/mol. The van der Waals surface area contributed by atoms with Crippen molar-refractivity contribution in [2.45, 2.75) is 38.8 Å². The highest BCUT2D eigenvalue weighted by Gasteiger charge is 2.33. The van der Waals surface area contributed by atoms with Gasteiger partial charge in [-0.3, -0.25) is 9.48 Å². The Morgan fingerprint density at radius 1 is 1.18 bits per heavy atom. The number of hydrogen-bond donors (Lipinski definition) is 1. The summed E-state index contributed by atoms with van der Waals surface area (Å²) in [6.07, 6.45) is 7.32. The van der Waals surface area contributed by atoms with Gasteiger partial charge in [0, 0.05) is 50.2 Å². The molecular formula is C29H34FN7O. The molecule has 3 aromatic rings. The van der Waals surface area contributed by atoms with Gasteiger partial charge in [0.05, 0.1) is 12.6 Å². The highest BCUT2D eigenvalue weighted by atomic mass is 19.1. The largest absolute Gasteiger partial charge is 0.369 e. The normalized spacial score (nSPS) is 22.1. The predicted molar refractivity (Wildman–Crippen MR) is 150 cm³/mol. The molecule has 0 radical (unpaired) electrons. The van der Waals surface area contributed by atoms with Crippen molar-refractivity contribution in [2.24, 2.45) is 5.92 Å². The number of likely N-dealkylation sites (N-methyl/N-ethyl adjacent to an activating group) is 1. The fraction of sp³-hybridized carbons (Fsp3) is 0.414. The molecule has 3 heterocycles. The molecule has 2 aliphatic carbocycles. The van der Waals surface area contributed by atoms with Crippen LogP contribution in [-0.4, -0.2) is 57.5 Å². The van der Waals surface area contributed by atoms with Gasteiger partial charge in [0.1, 0.15) is 11.2 Å². The summed E-state index contributed by atoms with van der Waals surface area (Å²) in [4.78, 5) is 27.2. The lowest BCUT2D eigenvalue weighted by molar-refractivity contribution is 0.313. The van der Waals surface area contributed by atoms with Crippen LogP contribution in [-0.2, 0) is 6.54 Å². The third kappa shape index (κ3) is 4.34. The number of piperazine rings is 1. The van der Waals surface area contributed by atoms with Gasteiger partial charge in [0.2, 0.25) is 5.95 Å². The van der Waals surface area contributed by atoms with Crippen molar-refractivity contribution in [3.63, 3.8) is 0 Å². The van der Waals surface area contributed by atoms with E-state index >= 15 is 4.39 Å². The van der Waals surface area contributed by atoms with Crippen LogP contribution in [0.15, 0.2) is 71.0 Å². The van der Waals surface area contributed by atoms with Gasteiger partial charge < -0.3 is 15.1 Å². The van der Waals surface area contributed by atoms with Crippen molar-refractivity contribution in [3.8, 4) is 0 Å². The Labute approximate surface area is 221 Å². The molecule has 2 unspecified atom stereocenters. The minimum Gasteiger partial charge on any atom is -0.369 e. The van der Waals surface area contributed by atoms with E-state index in [0.717, 1.165) is 55.9 Å². The summed E-state index contributed by atoms with van der Waals surface area (Å²) in [5, 5.41) is 3.70. The highest BCUT2D eigenvalue weighted by molar-refractivity contribution is 5.76. The maximum Gasteiger partial charge on any atom is 0.278 e. The van der Waals surface area contributed by atoms with Crippen molar-refractivity contribution in [2.75, 3.05) is 43.4 Å². The Morgan fingerprint density at radius 3 is 2.68 bits per heavy atom. The van der Waals surface area contributed by atoms with E-state index in [-0.39, 0.29) is 23.8 Å². The topological polar surface area (TPSA) is 71.2 Å². The Balaban J connectivity index is 1.33. The molecule has 2 atom stereocenters. The molecule has 6 rings (SSSR count). The average Bonchev–Trinajstić information content (AvgIpc) is 3.42. The van der Waals surface area contributed by atoms with Crippen LogP contribution >= 0.6 is 0 Å². The van der Waals surface area contributed by atoms with E-state index in [9.17, 15) is 4.79 Å². The summed E-state index contributed by atoms with van der Waals surface area (Å²) < 4.78 is 18.6. The van der Waals surface area contributed by atoms with Crippen LogP contribution in [0, 0.1) is 5.92 Å². The second kappa shape index (κ2) is 9.87. The minimum atomic E-state index is -0.343. The highest BCUT2D eigenvalue weighted by Crippen LogP contribution is 2.45. The first-order valence-electron chi connectivity index (χ1n) is 13.4. The molecule has 38 heavy (non-hydrogen) atoms. The number of aromatic nitrogens is 4. The first-order valence-corrected chi connectivity index (χ1v) is 13.4. The van der Waals surface area contributed by atoms with E-state index in [0.29, 0.717) is 29.4 Å². The quantitative estimate of drug-likeness (QED) is 0.476. The number of rotatable bonds is 6. The Hall–Kier alpha value is -3.72. The number of nitrogens with one attached hydrogen (secondary N) is 1. The van der Waals surface area contributed by atoms with Gasteiger partial charge in [-0.1, -0.05) is 19.1 Å². The van der Waals surface area contributed by atoms with Crippen LogP contribution in [0.1, 0.15) is 32.2 Å². The smallest absolute Gasteiger partial charge is 0.278 e. The lowest BCUT2D eigenvalue weighted by Gasteiger charge is -2.34. The second-order valence-electron chi connectivity index (χ2n) is 10.6. The summed E-state index contributed by atoms with van der Waals surface area (Å²) in [6.45, 7) is 10.4. The summed E-state index contributed by atoms with van der Waals surface area (Å²) in [5.41, 5.74) is 4.25. The molecule has 1 aromatic carbocycles. The number of allylic oxidation sites excluding steroid dienone is 5. The zero-order chi connectivity index (χ0) is 26.4. The van der Waals surface area contributed by atoms with Crippen LogP contribution in [0.25, 0.3) is 11.0 Å². The zero-order valence-corrected chi connectivity index (χ0v) is 22.0. The maximum atomic E-state index is 15.2. The first-order chi connectivity index (χ1) is 18.4. The molecule has 8 nitrogen and oxygen atoms in total. The van der Waals surface area contributed by atoms with Gasteiger partial charge in [0.25, 0.3) is 5.56 Å². The Bertz CT molecular complexity index is 1490. The van der Waals surface area contributed by atoms with Gasteiger partial charge in [-0.25, -0.2) is 14.1 Å². The molecule has 2 fully saturated rings. The molecule has 9 heteroatoms. The predicted octanol–water partition coefficient (Wildman–Crippen LogP) is 4.80. The molecular weight excluding hydrogens is 481 g/mol. The molecule has 2 aromatic heterocycles. The summed E-state index contributed by atoms with van der Waals surface area (Å²) >= 11 is 0. The van der Waals surface area contributed by atoms with E-state index in [2.05, 4.69) is 58.9 Å². The first kappa shape index (κ1) is 24.6. The molecule has 1 aliphatic heterocycles. The molecule has 0 bridgehead atoms. The Kier molecular flexibility index (Phi) is 6.39. The van der Waals surface area contributed by atoms with Crippen LogP contribution in [0.4, 0.5) is 21.7 Å². The van der Waals surface area contributed by atoms with Gasteiger partial charge >= 0.3 is 0 Å². The fourth-order valence-corrected chi connectivity index (χ4v) is 5.93. The molecule has 0 spiro atoms. The van der Waals surface area contributed by atoms with Crippen LogP contribution < -0.4 is 15.8 Å². The number of hydrogen-bond acceptors (Lipinski definition) is 6. The van der Waals surface area contributed by atoms with E-state index in [1.165, 1.54) is 5.69 Å². The van der Waals surface area contributed by atoms with Crippen molar-refractivity contribution in [3.05, 3.63) is 76.5 Å². The molecule has 1 saturated carbocycles. The maximum absolute atomic E-state index is 15.2. The molecule has 1 N–H and O–H groups in total. The van der Waals surface area contributed by atoms with E-state index in [1.54, 1.807) is 17.0 Å². The van der Waals surface area contributed by atoms with E-state index < -0.39 is 0 Å². The van der Waals surface area contributed by atoms with Crippen LogP contribution in [0.2, 0.25) is 0 Å². The molecule has 1 saturated heterocycles. The molecule has 0 amide bonds. The lowest BCUT2D eigenvalue weighted by atomic mass is 9.92. The van der Waals surface area contributed by atoms with Gasteiger partial charge in [-0.15, -0.1) is 6.58 Å². The van der Waals surface area contributed by atoms with E-state index in [1.807, 2.05) is 16.8 Å². The number of fused-ring (bicyclic) bond motifs is 2. The number of anilines is 3. The molecule has 3 aliphatic rings. The van der Waals surface area contributed by atoms with E-state index in [4.69, 9.17) is 4.98 Å². The lowest BCUT2D eigenvalue weighted by Crippen LogP contribution is -2.44. The van der Waals surface area contributed by atoms with Gasteiger partial charge in [0.15, 0.2) is 5.65 Å². The third-order valence-electron chi connectivity index (χ3n) is 8.11. The Morgan fingerprint density at radius 2 is 1.95 bits per heavy atom. The summed E-state index contributed by atoms with van der Waals surface area (Å²) in [6, 6.07) is 7.90. The number of nitrogens with zero attached hydrogens (tertiary/aromatic N) is 6. The van der Waals surface area contributed by atoms with Crippen molar-refractivity contribution >= 4 is 28.4 Å². The van der Waals surface area contributed by atoms with Gasteiger partial charge in [-0.2, -0.15) is 4.98 Å².